The molecule has 0 bridgehead atoms. The molecule has 7 heteroatoms. The van der Waals surface area contributed by atoms with Gasteiger partial charge in [0.25, 0.3) is 5.56 Å². The van der Waals surface area contributed by atoms with Crippen molar-refractivity contribution in [1.29, 1.82) is 0 Å². The number of carbonyl (C=O) groups excluding carboxylic acids is 1. The number of nitrogens with zero attached hydrogens (tertiary/aromatic N) is 3. The predicted molar refractivity (Wildman–Crippen MR) is 117 cm³/mol. The number of anilines is 1. The van der Waals surface area contributed by atoms with E-state index in [1.807, 2.05) is 38.1 Å². The molecular formula is C23H22N4O3. The lowest BCUT2D eigenvalue weighted by atomic mass is 10.2. The summed E-state index contributed by atoms with van der Waals surface area (Å²) < 4.78 is 4.20. The van der Waals surface area contributed by atoms with Gasteiger partial charge in [0.1, 0.15) is 12.1 Å². The highest BCUT2D eigenvalue weighted by atomic mass is 16.2. The molecule has 0 saturated heterocycles. The monoisotopic (exact) mass is 402 g/mol. The SMILES string of the molecule is Cc1cccc(NC(=O)Cn2c(=O)n(-c3ccccc3)c(=O)c3c2cc(C)n3C)c1. The number of rotatable bonds is 4. The summed E-state index contributed by atoms with van der Waals surface area (Å²) in [5, 5.41) is 2.83. The molecular weight excluding hydrogens is 380 g/mol. The molecule has 1 N–H and O–H groups in total. The van der Waals surface area contributed by atoms with Gasteiger partial charge in [-0.25, -0.2) is 9.36 Å². The zero-order valence-corrected chi connectivity index (χ0v) is 17.0. The minimum Gasteiger partial charge on any atom is -0.342 e. The average Bonchev–Trinajstić information content (AvgIpc) is 3.01. The molecule has 0 atom stereocenters. The Morgan fingerprint density at radius 1 is 0.967 bits per heavy atom. The number of aryl methyl sites for hydroxylation is 3. The van der Waals surface area contributed by atoms with Crippen LogP contribution in [0.25, 0.3) is 16.7 Å². The van der Waals surface area contributed by atoms with Crippen molar-refractivity contribution >= 4 is 22.6 Å². The Balaban J connectivity index is 1.87. The molecule has 0 unspecified atom stereocenters. The van der Waals surface area contributed by atoms with E-state index in [0.717, 1.165) is 15.8 Å². The lowest BCUT2D eigenvalue weighted by Gasteiger charge is -2.13. The summed E-state index contributed by atoms with van der Waals surface area (Å²) in [7, 11) is 1.77. The number of hydrogen-bond acceptors (Lipinski definition) is 3. The van der Waals surface area contributed by atoms with E-state index in [9.17, 15) is 14.4 Å². The van der Waals surface area contributed by atoms with Crippen molar-refractivity contribution in [3.8, 4) is 5.69 Å². The molecule has 7 nitrogen and oxygen atoms in total. The molecule has 0 spiro atoms. The molecule has 0 saturated carbocycles. The van der Waals surface area contributed by atoms with Gasteiger partial charge in [-0.2, -0.15) is 0 Å². The van der Waals surface area contributed by atoms with Crippen LogP contribution in [0.1, 0.15) is 11.3 Å². The molecule has 2 aromatic heterocycles. The van der Waals surface area contributed by atoms with Crippen LogP contribution in [0.4, 0.5) is 5.69 Å². The number of carbonyl (C=O) groups is 1. The molecule has 4 rings (SSSR count). The van der Waals surface area contributed by atoms with E-state index in [2.05, 4.69) is 5.32 Å². The van der Waals surface area contributed by atoms with Crippen LogP contribution in [0, 0.1) is 13.8 Å². The minimum atomic E-state index is -0.552. The van der Waals surface area contributed by atoms with Crippen LogP contribution in [0.3, 0.4) is 0 Å². The molecule has 4 aromatic rings. The first-order valence-electron chi connectivity index (χ1n) is 9.60. The molecule has 152 valence electrons. The smallest absolute Gasteiger partial charge is 0.336 e. The first-order valence-corrected chi connectivity index (χ1v) is 9.60. The van der Waals surface area contributed by atoms with Crippen LogP contribution in [-0.4, -0.2) is 19.6 Å². The fourth-order valence-electron chi connectivity index (χ4n) is 3.61. The van der Waals surface area contributed by atoms with E-state index in [4.69, 9.17) is 0 Å². The predicted octanol–water partition coefficient (Wildman–Crippen LogP) is 2.75. The van der Waals surface area contributed by atoms with E-state index in [1.54, 1.807) is 48.0 Å². The Hall–Kier alpha value is -3.87. The largest absolute Gasteiger partial charge is 0.342 e. The first kappa shape index (κ1) is 19.4. The number of hydrogen-bond donors (Lipinski definition) is 1. The molecule has 2 heterocycles. The van der Waals surface area contributed by atoms with Crippen molar-refractivity contribution in [2.24, 2.45) is 7.05 Å². The fourth-order valence-corrected chi connectivity index (χ4v) is 3.61. The van der Waals surface area contributed by atoms with E-state index in [-0.39, 0.29) is 12.5 Å². The van der Waals surface area contributed by atoms with Gasteiger partial charge in [0, 0.05) is 18.4 Å². The zero-order chi connectivity index (χ0) is 21.4. The van der Waals surface area contributed by atoms with Crippen LogP contribution in [0.2, 0.25) is 0 Å². The van der Waals surface area contributed by atoms with Crippen molar-refractivity contribution < 1.29 is 4.79 Å². The van der Waals surface area contributed by atoms with Gasteiger partial charge in [-0.15, -0.1) is 0 Å². The zero-order valence-electron chi connectivity index (χ0n) is 17.0. The summed E-state index contributed by atoms with van der Waals surface area (Å²) in [6.45, 7) is 3.58. The van der Waals surface area contributed by atoms with Crippen molar-refractivity contribution in [2.75, 3.05) is 5.32 Å². The van der Waals surface area contributed by atoms with Gasteiger partial charge >= 0.3 is 5.69 Å². The van der Waals surface area contributed by atoms with Crippen LogP contribution >= 0.6 is 0 Å². The second-order valence-corrected chi connectivity index (χ2v) is 7.34. The van der Waals surface area contributed by atoms with Crippen LogP contribution in [-0.2, 0) is 18.4 Å². The summed E-state index contributed by atoms with van der Waals surface area (Å²) in [4.78, 5) is 39.2. The standard InChI is InChI=1S/C23H22N4O3/c1-15-8-7-9-17(12-15)24-20(28)14-26-19-13-16(2)25(3)21(19)22(29)27(23(26)30)18-10-5-4-6-11-18/h4-13H,14H2,1-3H3,(H,24,28). The van der Waals surface area contributed by atoms with Crippen molar-refractivity contribution in [1.82, 2.24) is 13.7 Å². The maximum atomic E-state index is 13.3. The summed E-state index contributed by atoms with van der Waals surface area (Å²) in [6.07, 6.45) is 0. The maximum Gasteiger partial charge on any atom is 0.336 e. The van der Waals surface area contributed by atoms with Gasteiger partial charge in [0.2, 0.25) is 5.91 Å². The minimum absolute atomic E-state index is 0.208. The molecule has 0 aliphatic carbocycles. The Labute approximate surface area is 172 Å². The number of benzene rings is 2. The third-order valence-electron chi connectivity index (χ3n) is 5.19. The van der Waals surface area contributed by atoms with Gasteiger partial charge in [-0.3, -0.25) is 14.2 Å². The fraction of sp³-hybridized carbons (Fsp3) is 0.174. The van der Waals surface area contributed by atoms with Gasteiger partial charge in [0.15, 0.2) is 0 Å². The first-order chi connectivity index (χ1) is 14.4. The maximum absolute atomic E-state index is 13.3. The topological polar surface area (TPSA) is 78.0 Å². The molecule has 0 aliphatic heterocycles. The number of aromatic nitrogens is 3. The summed E-state index contributed by atoms with van der Waals surface area (Å²) >= 11 is 0. The van der Waals surface area contributed by atoms with Crippen molar-refractivity contribution in [3.05, 3.63) is 92.8 Å². The summed E-state index contributed by atoms with van der Waals surface area (Å²) in [5.74, 6) is -0.344. The molecule has 0 fully saturated rings. The van der Waals surface area contributed by atoms with E-state index >= 15 is 0 Å². The number of fused-ring (bicyclic) bond motifs is 1. The second-order valence-electron chi connectivity index (χ2n) is 7.34. The highest BCUT2D eigenvalue weighted by Crippen LogP contribution is 2.15. The lowest BCUT2D eigenvalue weighted by Crippen LogP contribution is -2.41. The van der Waals surface area contributed by atoms with Crippen molar-refractivity contribution in [2.45, 2.75) is 20.4 Å². The molecule has 0 aliphatic rings. The third-order valence-corrected chi connectivity index (χ3v) is 5.19. The molecule has 1 amide bonds. The number of nitrogens with one attached hydrogen (secondary N) is 1. The Morgan fingerprint density at radius 2 is 1.70 bits per heavy atom. The quantitative estimate of drug-likeness (QED) is 0.570. The van der Waals surface area contributed by atoms with Crippen LogP contribution in [0.5, 0.6) is 0 Å². The van der Waals surface area contributed by atoms with Gasteiger partial charge in [0.05, 0.1) is 11.2 Å². The second kappa shape index (κ2) is 7.51. The van der Waals surface area contributed by atoms with E-state index in [0.29, 0.717) is 22.4 Å². The Bertz CT molecular complexity index is 1380. The summed E-state index contributed by atoms with van der Waals surface area (Å²) in [6, 6.07) is 17.9. The van der Waals surface area contributed by atoms with Crippen molar-refractivity contribution in [3.63, 3.8) is 0 Å². The van der Waals surface area contributed by atoms with E-state index < -0.39 is 11.2 Å². The third kappa shape index (κ3) is 3.34. The highest BCUT2D eigenvalue weighted by molar-refractivity contribution is 5.91. The highest BCUT2D eigenvalue weighted by Gasteiger charge is 2.20. The van der Waals surface area contributed by atoms with Gasteiger partial charge in [-0.1, -0.05) is 30.3 Å². The normalized spacial score (nSPS) is 11.0. The molecule has 30 heavy (non-hydrogen) atoms. The molecule has 0 radical (unpaired) electrons. The van der Waals surface area contributed by atoms with Crippen LogP contribution < -0.4 is 16.6 Å². The summed E-state index contributed by atoms with van der Waals surface area (Å²) in [5.41, 5.74) is 2.81. The Morgan fingerprint density at radius 3 is 2.40 bits per heavy atom. The number of amides is 1. The van der Waals surface area contributed by atoms with Gasteiger partial charge < -0.3 is 9.88 Å². The van der Waals surface area contributed by atoms with Crippen LogP contribution in [0.15, 0.2) is 70.3 Å². The Kier molecular flexibility index (Phi) is 4.87. The molecule has 2 aromatic carbocycles. The number of para-hydroxylation sites is 1. The van der Waals surface area contributed by atoms with Gasteiger partial charge in [-0.05, 0) is 49.7 Å². The van der Waals surface area contributed by atoms with E-state index in [1.165, 1.54) is 4.57 Å². The average molecular weight is 402 g/mol. The lowest BCUT2D eigenvalue weighted by molar-refractivity contribution is -0.116.